The molecule has 13 heavy (non-hydrogen) atoms. The predicted molar refractivity (Wildman–Crippen MR) is 54.5 cm³/mol. The zero-order valence-electron chi connectivity index (χ0n) is 8.74. The average molecular weight is 186 g/mol. The molecule has 0 aromatic carbocycles. The highest BCUT2D eigenvalue weighted by Gasteiger charge is 2.24. The molecule has 0 saturated heterocycles. The highest BCUT2D eigenvalue weighted by molar-refractivity contribution is 4.83. The summed E-state index contributed by atoms with van der Waals surface area (Å²) in [7, 11) is 2.13. The average Bonchev–Trinajstić information content (AvgIpc) is 2.47. The minimum absolute atomic E-state index is 0.183. The highest BCUT2D eigenvalue weighted by atomic mass is 16.3. The lowest BCUT2D eigenvalue weighted by Gasteiger charge is -2.24. The van der Waals surface area contributed by atoms with Gasteiger partial charge in [-0.1, -0.05) is 0 Å². The van der Waals surface area contributed by atoms with Gasteiger partial charge in [0.1, 0.15) is 0 Å². The van der Waals surface area contributed by atoms with Crippen LogP contribution in [0.4, 0.5) is 0 Å². The van der Waals surface area contributed by atoms with E-state index in [0.717, 1.165) is 25.8 Å². The van der Waals surface area contributed by atoms with Gasteiger partial charge in [-0.15, -0.1) is 0 Å². The molecule has 3 nitrogen and oxygen atoms in total. The zero-order chi connectivity index (χ0) is 9.84. The van der Waals surface area contributed by atoms with E-state index in [4.69, 9.17) is 10.8 Å². The van der Waals surface area contributed by atoms with E-state index in [9.17, 15) is 0 Å². The molecule has 0 radical (unpaired) electrons. The Balaban J connectivity index is 2.19. The molecule has 1 saturated carbocycles. The van der Waals surface area contributed by atoms with Gasteiger partial charge in [-0.05, 0) is 39.7 Å². The van der Waals surface area contributed by atoms with Crippen LogP contribution in [0.1, 0.15) is 32.6 Å². The normalized spacial score (nSPS) is 31.2. The summed E-state index contributed by atoms with van der Waals surface area (Å²) >= 11 is 0. The Morgan fingerprint density at radius 3 is 2.69 bits per heavy atom. The minimum atomic E-state index is -0.183. The van der Waals surface area contributed by atoms with E-state index in [0.29, 0.717) is 12.1 Å². The fourth-order valence-electron chi connectivity index (χ4n) is 1.97. The zero-order valence-corrected chi connectivity index (χ0v) is 8.74. The van der Waals surface area contributed by atoms with E-state index >= 15 is 0 Å². The first-order chi connectivity index (χ1) is 6.09. The lowest BCUT2D eigenvalue weighted by Crippen LogP contribution is -2.33. The fraction of sp³-hybridized carbons (Fsp3) is 1.00. The molecular weight excluding hydrogens is 164 g/mol. The lowest BCUT2D eigenvalue weighted by molar-refractivity contribution is 0.150. The van der Waals surface area contributed by atoms with Crippen molar-refractivity contribution in [3.63, 3.8) is 0 Å². The molecule has 3 N–H and O–H groups in total. The number of aliphatic hydroxyl groups excluding tert-OH is 1. The van der Waals surface area contributed by atoms with Gasteiger partial charge in [0.15, 0.2) is 0 Å². The van der Waals surface area contributed by atoms with Crippen molar-refractivity contribution in [1.29, 1.82) is 0 Å². The number of nitrogens with two attached hydrogens (primary N) is 1. The van der Waals surface area contributed by atoms with Gasteiger partial charge in [0, 0.05) is 18.6 Å². The second kappa shape index (κ2) is 4.94. The molecule has 0 bridgehead atoms. The van der Waals surface area contributed by atoms with E-state index in [-0.39, 0.29) is 6.10 Å². The van der Waals surface area contributed by atoms with Gasteiger partial charge < -0.3 is 15.7 Å². The van der Waals surface area contributed by atoms with Crippen LogP contribution in [0.15, 0.2) is 0 Å². The molecule has 0 aromatic rings. The van der Waals surface area contributed by atoms with Crippen LogP contribution in [0.25, 0.3) is 0 Å². The van der Waals surface area contributed by atoms with Gasteiger partial charge in [0.2, 0.25) is 0 Å². The number of hydrogen-bond acceptors (Lipinski definition) is 3. The summed E-state index contributed by atoms with van der Waals surface area (Å²) < 4.78 is 0. The van der Waals surface area contributed by atoms with Crippen molar-refractivity contribution in [1.82, 2.24) is 4.90 Å². The first-order valence-corrected chi connectivity index (χ1v) is 5.23. The third-order valence-electron chi connectivity index (χ3n) is 2.97. The summed E-state index contributed by atoms with van der Waals surface area (Å²) in [6.45, 7) is 2.82. The number of nitrogens with zero attached hydrogens (tertiary/aromatic N) is 1. The minimum Gasteiger partial charge on any atom is -0.393 e. The predicted octanol–water partition coefficient (Wildman–Crippen LogP) is 0.569. The smallest absolute Gasteiger partial charge is 0.0524 e. The van der Waals surface area contributed by atoms with E-state index in [2.05, 4.69) is 11.9 Å². The summed E-state index contributed by atoms with van der Waals surface area (Å²) in [6, 6.07) is 1.05. The van der Waals surface area contributed by atoms with Crippen LogP contribution in [0, 0.1) is 0 Å². The summed E-state index contributed by atoms with van der Waals surface area (Å²) in [6.07, 6.45) is 4.18. The quantitative estimate of drug-likeness (QED) is 0.675. The summed E-state index contributed by atoms with van der Waals surface area (Å²) in [5.74, 6) is 0. The molecule has 0 heterocycles. The van der Waals surface area contributed by atoms with Gasteiger partial charge in [0.25, 0.3) is 0 Å². The van der Waals surface area contributed by atoms with Crippen molar-refractivity contribution in [2.75, 3.05) is 13.6 Å². The molecule has 0 aliphatic heterocycles. The maximum Gasteiger partial charge on any atom is 0.0524 e. The van der Waals surface area contributed by atoms with Crippen molar-refractivity contribution < 1.29 is 5.11 Å². The number of hydrogen-bond donors (Lipinski definition) is 2. The Morgan fingerprint density at radius 2 is 2.23 bits per heavy atom. The van der Waals surface area contributed by atoms with Gasteiger partial charge >= 0.3 is 0 Å². The summed E-state index contributed by atoms with van der Waals surface area (Å²) in [5, 5.41) is 9.14. The molecule has 3 heteroatoms. The van der Waals surface area contributed by atoms with Crippen LogP contribution in [0.2, 0.25) is 0 Å². The Labute approximate surface area is 80.9 Å². The molecule has 3 unspecified atom stereocenters. The molecule has 0 spiro atoms. The maximum absolute atomic E-state index is 9.14. The molecule has 1 aliphatic rings. The monoisotopic (exact) mass is 186 g/mol. The van der Waals surface area contributed by atoms with E-state index in [1.54, 1.807) is 0 Å². The van der Waals surface area contributed by atoms with E-state index in [1.165, 1.54) is 6.42 Å². The summed E-state index contributed by atoms with van der Waals surface area (Å²) in [4.78, 5) is 2.33. The molecule has 3 atom stereocenters. The van der Waals surface area contributed by atoms with Crippen LogP contribution in [-0.2, 0) is 0 Å². The second-order valence-corrected chi connectivity index (χ2v) is 4.35. The van der Waals surface area contributed by atoms with Crippen LogP contribution >= 0.6 is 0 Å². The van der Waals surface area contributed by atoms with E-state index in [1.807, 2.05) is 6.92 Å². The van der Waals surface area contributed by atoms with Crippen molar-refractivity contribution in [3.8, 4) is 0 Å². The Bertz CT molecular complexity index is 150. The third-order valence-corrected chi connectivity index (χ3v) is 2.97. The Hall–Kier alpha value is -0.120. The molecule has 1 fully saturated rings. The van der Waals surface area contributed by atoms with Crippen LogP contribution in [0.3, 0.4) is 0 Å². The maximum atomic E-state index is 9.14. The second-order valence-electron chi connectivity index (χ2n) is 4.35. The Kier molecular flexibility index (Phi) is 4.16. The van der Waals surface area contributed by atoms with Crippen LogP contribution < -0.4 is 5.73 Å². The third kappa shape index (κ3) is 3.63. The standard InChI is InChI=1S/C10H22N2O/c1-8(13)5-6-12(2)10-4-3-9(11)7-10/h8-10,13H,3-7,11H2,1-2H3. The van der Waals surface area contributed by atoms with Crippen molar-refractivity contribution >= 4 is 0 Å². The highest BCUT2D eigenvalue weighted by Crippen LogP contribution is 2.21. The molecule has 0 aromatic heterocycles. The first-order valence-electron chi connectivity index (χ1n) is 5.23. The molecule has 1 aliphatic carbocycles. The molecule has 0 amide bonds. The molecule has 78 valence electrons. The topological polar surface area (TPSA) is 49.5 Å². The largest absolute Gasteiger partial charge is 0.393 e. The van der Waals surface area contributed by atoms with Crippen molar-refractivity contribution in [2.45, 2.75) is 50.8 Å². The van der Waals surface area contributed by atoms with Gasteiger partial charge in [-0.3, -0.25) is 0 Å². The van der Waals surface area contributed by atoms with Crippen LogP contribution in [-0.4, -0.2) is 41.8 Å². The van der Waals surface area contributed by atoms with Crippen molar-refractivity contribution in [2.24, 2.45) is 5.73 Å². The fourth-order valence-corrected chi connectivity index (χ4v) is 1.97. The lowest BCUT2D eigenvalue weighted by atomic mass is 10.2. The Morgan fingerprint density at radius 1 is 1.54 bits per heavy atom. The van der Waals surface area contributed by atoms with Crippen LogP contribution in [0.5, 0.6) is 0 Å². The SMILES string of the molecule is CC(O)CCN(C)C1CCC(N)C1. The van der Waals surface area contributed by atoms with Gasteiger partial charge in [-0.25, -0.2) is 0 Å². The number of rotatable bonds is 4. The first kappa shape index (κ1) is 11.0. The number of aliphatic hydroxyl groups is 1. The van der Waals surface area contributed by atoms with Gasteiger partial charge in [0.05, 0.1) is 6.10 Å². The molecule has 1 rings (SSSR count). The summed E-state index contributed by atoms with van der Waals surface area (Å²) in [5.41, 5.74) is 5.84. The van der Waals surface area contributed by atoms with Crippen molar-refractivity contribution in [3.05, 3.63) is 0 Å². The van der Waals surface area contributed by atoms with Gasteiger partial charge in [-0.2, -0.15) is 0 Å². The van der Waals surface area contributed by atoms with E-state index < -0.39 is 0 Å². The molecular formula is C10H22N2O.